The highest BCUT2D eigenvalue weighted by Gasteiger charge is 2.57. The lowest BCUT2D eigenvalue weighted by Gasteiger charge is -2.34. The van der Waals surface area contributed by atoms with Gasteiger partial charge in [-0.3, -0.25) is 9.69 Å². The van der Waals surface area contributed by atoms with E-state index < -0.39 is 23.7 Å². The minimum atomic E-state index is -2.06. The number of rotatable bonds is 8. The molecule has 1 saturated heterocycles. The van der Waals surface area contributed by atoms with Gasteiger partial charge in [-0.25, -0.2) is 9.69 Å². The number of imide groups is 1. The van der Waals surface area contributed by atoms with Crippen LogP contribution in [0.5, 0.6) is 0 Å². The Hall–Kier alpha value is -4.42. The van der Waals surface area contributed by atoms with Gasteiger partial charge in [0.05, 0.1) is 18.3 Å². The summed E-state index contributed by atoms with van der Waals surface area (Å²) in [5.74, 6) is -0.662. The van der Waals surface area contributed by atoms with E-state index in [0.29, 0.717) is 5.69 Å². The number of urea groups is 1. The normalized spacial score (nSPS) is 18.4. The van der Waals surface area contributed by atoms with Crippen LogP contribution >= 0.6 is 0 Å². The summed E-state index contributed by atoms with van der Waals surface area (Å²) in [4.78, 5) is 29.9. The minimum Gasteiger partial charge on any atom is -0.378 e. The van der Waals surface area contributed by atoms with E-state index in [9.17, 15) is 14.7 Å². The van der Waals surface area contributed by atoms with Crippen LogP contribution in [0.4, 0.5) is 16.2 Å². The average Bonchev–Trinajstić information content (AvgIpc) is 3.10. The van der Waals surface area contributed by atoms with E-state index in [2.05, 4.69) is 5.32 Å². The second-order valence-electron chi connectivity index (χ2n) is 8.82. The largest absolute Gasteiger partial charge is 0.378 e. The van der Waals surface area contributed by atoms with Gasteiger partial charge in [-0.15, -0.1) is 0 Å². The third-order valence-electron chi connectivity index (χ3n) is 6.42. The molecule has 4 aromatic carbocycles. The van der Waals surface area contributed by atoms with Crippen molar-refractivity contribution in [3.63, 3.8) is 0 Å². The van der Waals surface area contributed by atoms with Crippen molar-refractivity contribution in [2.45, 2.75) is 24.7 Å². The van der Waals surface area contributed by atoms with Gasteiger partial charge in [-0.2, -0.15) is 0 Å². The molecule has 1 heterocycles. The number of hydrogen-bond donors (Lipinski definition) is 2. The Morgan fingerprint density at radius 2 is 1.25 bits per heavy atom. The first kappa shape index (κ1) is 23.3. The number of anilines is 2. The summed E-state index contributed by atoms with van der Waals surface area (Å²) < 4.78 is 0. The zero-order valence-corrected chi connectivity index (χ0v) is 19.7. The van der Waals surface area contributed by atoms with Gasteiger partial charge in [0.25, 0.3) is 5.91 Å². The van der Waals surface area contributed by atoms with E-state index in [0.717, 1.165) is 21.7 Å². The molecule has 5 rings (SSSR count). The van der Waals surface area contributed by atoms with Gasteiger partial charge in [0.2, 0.25) is 5.72 Å². The van der Waals surface area contributed by atoms with Gasteiger partial charge in [-0.05, 0) is 35.4 Å². The summed E-state index contributed by atoms with van der Waals surface area (Å²) in [5, 5.41) is 15.5. The first-order valence-electron chi connectivity index (χ1n) is 11.9. The Balaban J connectivity index is 1.55. The van der Waals surface area contributed by atoms with Crippen LogP contribution in [0.1, 0.15) is 23.6 Å². The highest BCUT2D eigenvalue weighted by Crippen LogP contribution is 2.38. The summed E-state index contributed by atoms with van der Waals surface area (Å²) in [6.45, 7) is 0.0953. The molecule has 0 aliphatic carbocycles. The number of para-hydroxylation sites is 2. The Kier molecular flexibility index (Phi) is 6.52. The van der Waals surface area contributed by atoms with Crippen molar-refractivity contribution in [1.82, 2.24) is 4.90 Å². The highest BCUT2D eigenvalue weighted by molar-refractivity contribution is 6.22. The predicted octanol–water partition coefficient (Wildman–Crippen LogP) is 5.59. The number of nitrogens with zero attached hydrogens (tertiary/aromatic N) is 2. The molecule has 2 unspecified atom stereocenters. The van der Waals surface area contributed by atoms with Crippen molar-refractivity contribution in [1.29, 1.82) is 0 Å². The monoisotopic (exact) mass is 477 g/mol. The lowest BCUT2D eigenvalue weighted by molar-refractivity contribution is -0.149. The quantitative estimate of drug-likeness (QED) is 0.325. The number of hydrogen-bond acceptors (Lipinski definition) is 4. The van der Waals surface area contributed by atoms with Crippen LogP contribution in [0.15, 0.2) is 121 Å². The molecular weight excluding hydrogens is 450 g/mol. The molecule has 1 aliphatic heterocycles. The van der Waals surface area contributed by atoms with E-state index in [1.165, 1.54) is 4.90 Å². The van der Waals surface area contributed by atoms with E-state index >= 15 is 0 Å². The number of benzene rings is 4. The van der Waals surface area contributed by atoms with Crippen LogP contribution in [-0.4, -0.2) is 27.7 Å². The summed E-state index contributed by atoms with van der Waals surface area (Å²) in [6, 6.07) is 36.4. The van der Waals surface area contributed by atoms with Crippen molar-refractivity contribution in [3.05, 3.63) is 132 Å². The average molecular weight is 478 g/mol. The second-order valence-corrected chi connectivity index (χ2v) is 8.82. The zero-order valence-electron chi connectivity index (χ0n) is 19.7. The van der Waals surface area contributed by atoms with Gasteiger partial charge >= 0.3 is 6.03 Å². The molecule has 0 spiro atoms. The van der Waals surface area contributed by atoms with Crippen LogP contribution in [0, 0.1) is 0 Å². The molecule has 180 valence electrons. The van der Waals surface area contributed by atoms with E-state index in [-0.39, 0.29) is 13.0 Å². The van der Waals surface area contributed by atoms with Crippen LogP contribution < -0.4 is 10.2 Å². The zero-order chi connectivity index (χ0) is 25.0. The number of aliphatic hydroxyl groups is 1. The first-order chi connectivity index (χ1) is 17.6. The van der Waals surface area contributed by atoms with E-state index in [1.807, 2.05) is 97.1 Å². The van der Waals surface area contributed by atoms with Crippen molar-refractivity contribution < 1.29 is 14.7 Å². The number of carbonyl (C=O) groups excluding carboxylic acids is 2. The maximum absolute atomic E-state index is 13.8. The maximum atomic E-state index is 13.8. The molecule has 6 heteroatoms. The molecule has 4 aromatic rings. The third kappa shape index (κ3) is 4.59. The molecule has 0 bridgehead atoms. The molecule has 0 aromatic heterocycles. The van der Waals surface area contributed by atoms with E-state index in [4.69, 9.17) is 0 Å². The third-order valence-corrected chi connectivity index (χ3v) is 6.42. The smallest absolute Gasteiger partial charge is 0.334 e. The summed E-state index contributed by atoms with van der Waals surface area (Å²) >= 11 is 0. The maximum Gasteiger partial charge on any atom is 0.334 e. The van der Waals surface area contributed by atoms with Crippen LogP contribution in [0.3, 0.4) is 0 Å². The Morgan fingerprint density at radius 3 is 1.86 bits per heavy atom. The standard InChI is InChI=1S/C30H27N3O3/c34-28-30(36,21-27(24-15-7-2-8-16-24)31-25-17-9-3-10-18-25)32(22-23-13-5-1-6-14-23)29(35)33(28)26-19-11-4-12-20-26/h1-20,27,31,36H,21-22H2. The topological polar surface area (TPSA) is 72.9 Å². The van der Waals surface area contributed by atoms with Crippen molar-refractivity contribution in [3.8, 4) is 0 Å². The lowest BCUT2D eigenvalue weighted by Crippen LogP contribution is -2.51. The molecule has 1 fully saturated rings. The fourth-order valence-corrected chi connectivity index (χ4v) is 4.58. The number of amides is 3. The van der Waals surface area contributed by atoms with Gasteiger partial charge < -0.3 is 10.4 Å². The summed E-state index contributed by atoms with van der Waals surface area (Å²) in [6.07, 6.45) is -0.0351. The second kappa shape index (κ2) is 10.1. The summed E-state index contributed by atoms with van der Waals surface area (Å²) in [7, 11) is 0. The van der Waals surface area contributed by atoms with Gasteiger partial charge in [0.1, 0.15) is 0 Å². The minimum absolute atomic E-state index is 0.0351. The van der Waals surface area contributed by atoms with Crippen LogP contribution in [-0.2, 0) is 11.3 Å². The van der Waals surface area contributed by atoms with Crippen LogP contribution in [0.2, 0.25) is 0 Å². The molecule has 2 N–H and O–H groups in total. The summed E-state index contributed by atoms with van der Waals surface area (Å²) in [5.41, 5.74) is 0.924. The Morgan fingerprint density at radius 1 is 0.722 bits per heavy atom. The lowest BCUT2D eigenvalue weighted by atomic mass is 9.95. The molecular formula is C30H27N3O3. The number of carbonyl (C=O) groups is 2. The molecule has 1 aliphatic rings. The Bertz CT molecular complexity index is 1320. The van der Waals surface area contributed by atoms with Crippen molar-refractivity contribution in [2.24, 2.45) is 0 Å². The molecule has 2 atom stereocenters. The molecule has 36 heavy (non-hydrogen) atoms. The number of nitrogens with one attached hydrogen (secondary N) is 1. The van der Waals surface area contributed by atoms with Gasteiger partial charge in [0, 0.05) is 12.1 Å². The van der Waals surface area contributed by atoms with Crippen molar-refractivity contribution in [2.75, 3.05) is 10.2 Å². The Labute approximate surface area is 210 Å². The predicted molar refractivity (Wildman–Crippen MR) is 140 cm³/mol. The fraction of sp³-hybridized carbons (Fsp3) is 0.133. The molecule has 0 saturated carbocycles. The fourth-order valence-electron chi connectivity index (χ4n) is 4.58. The molecule has 6 nitrogen and oxygen atoms in total. The van der Waals surface area contributed by atoms with Gasteiger partial charge in [0.15, 0.2) is 0 Å². The first-order valence-corrected chi connectivity index (χ1v) is 11.9. The van der Waals surface area contributed by atoms with Crippen LogP contribution in [0.25, 0.3) is 0 Å². The SMILES string of the molecule is O=C1N(c2ccccc2)C(=O)C(O)(CC(Nc2ccccc2)c2ccccc2)N1Cc1ccccc1. The molecule has 3 amide bonds. The van der Waals surface area contributed by atoms with Gasteiger partial charge in [-0.1, -0.05) is 97.1 Å². The van der Waals surface area contributed by atoms with E-state index in [1.54, 1.807) is 24.3 Å². The highest BCUT2D eigenvalue weighted by atomic mass is 16.3. The van der Waals surface area contributed by atoms with Crippen molar-refractivity contribution >= 4 is 23.3 Å². The molecule has 0 radical (unpaired) electrons.